The van der Waals surface area contributed by atoms with Crippen molar-refractivity contribution in [1.82, 2.24) is 0 Å². The third kappa shape index (κ3) is 1.67. The molecule has 0 aliphatic carbocycles. The summed E-state index contributed by atoms with van der Waals surface area (Å²) in [7, 11) is 1.48. The summed E-state index contributed by atoms with van der Waals surface area (Å²) in [6.07, 6.45) is 0. The number of fused-ring (bicyclic) bond motifs is 3. The molecule has 0 spiro atoms. The fourth-order valence-corrected chi connectivity index (χ4v) is 2.35. The Morgan fingerprint density at radius 2 is 1.75 bits per heavy atom. The van der Waals surface area contributed by atoms with Crippen LogP contribution in [0, 0.1) is 6.92 Å². The molecule has 0 amide bonds. The van der Waals surface area contributed by atoms with Gasteiger partial charge in [0, 0.05) is 12.1 Å². The van der Waals surface area contributed by atoms with Crippen LogP contribution >= 0.6 is 0 Å². The molecule has 0 fully saturated rings. The van der Waals surface area contributed by atoms with Crippen LogP contribution in [0.15, 0.2) is 33.5 Å². The highest BCUT2D eigenvalue weighted by Gasteiger charge is 2.16. The van der Waals surface area contributed by atoms with Gasteiger partial charge in [0.05, 0.1) is 12.5 Å². The second kappa shape index (κ2) is 4.16. The van der Waals surface area contributed by atoms with Crippen molar-refractivity contribution in [3.8, 4) is 17.2 Å². The molecule has 0 radical (unpaired) electrons. The molecule has 20 heavy (non-hydrogen) atoms. The number of aryl methyl sites for hydroxylation is 1. The SMILES string of the molecule is COc1cc(O)c2c(c1)cc(O)c1c(=O)cc(C)oc12. The first-order chi connectivity index (χ1) is 9.51. The van der Waals surface area contributed by atoms with Crippen LogP contribution in [0.5, 0.6) is 17.2 Å². The quantitative estimate of drug-likeness (QED) is 0.666. The van der Waals surface area contributed by atoms with E-state index in [-0.39, 0.29) is 27.9 Å². The molecule has 0 aliphatic rings. The van der Waals surface area contributed by atoms with Gasteiger partial charge >= 0.3 is 0 Å². The summed E-state index contributed by atoms with van der Waals surface area (Å²) in [5, 5.41) is 21.1. The van der Waals surface area contributed by atoms with Gasteiger partial charge in [-0.05, 0) is 24.4 Å². The lowest BCUT2D eigenvalue weighted by molar-refractivity contribution is 0.409. The number of rotatable bonds is 1. The van der Waals surface area contributed by atoms with Crippen LogP contribution in [-0.4, -0.2) is 17.3 Å². The summed E-state index contributed by atoms with van der Waals surface area (Å²) in [5.74, 6) is 0.598. The van der Waals surface area contributed by atoms with E-state index in [9.17, 15) is 15.0 Å². The lowest BCUT2D eigenvalue weighted by Gasteiger charge is -2.09. The highest BCUT2D eigenvalue weighted by Crippen LogP contribution is 2.38. The second-order valence-corrected chi connectivity index (χ2v) is 4.57. The average molecular weight is 272 g/mol. The van der Waals surface area contributed by atoms with Crippen molar-refractivity contribution in [2.24, 2.45) is 0 Å². The maximum Gasteiger partial charge on any atom is 0.196 e. The summed E-state index contributed by atoms with van der Waals surface area (Å²) in [4.78, 5) is 12.0. The van der Waals surface area contributed by atoms with Gasteiger partial charge in [-0.25, -0.2) is 0 Å². The van der Waals surface area contributed by atoms with Gasteiger partial charge in [0.25, 0.3) is 0 Å². The van der Waals surface area contributed by atoms with Crippen LogP contribution in [0.3, 0.4) is 0 Å². The Balaban J connectivity index is 2.62. The molecule has 2 N–H and O–H groups in total. The molecule has 0 saturated carbocycles. The van der Waals surface area contributed by atoms with Crippen LogP contribution in [0.25, 0.3) is 21.7 Å². The fourth-order valence-electron chi connectivity index (χ4n) is 2.35. The zero-order chi connectivity index (χ0) is 14.4. The predicted molar refractivity (Wildman–Crippen MR) is 74.6 cm³/mol. The highest BCUT2D eigenvalue weighted by molar-refractivity contribution is 6.10. The number of phenolic OH excluding ortho intramolecular Hbond substituents is 2. The number of methoxy groups -OCH3 is 1. The normalized spacial score (nSPS) is 11.1. The van der Waals surface area contributed by atoms with E-state index in [0.717, 1.165) is 0 Å². The van der Waals surface area contributed by atoms with Gasteiger partial charge in [0.1, 0.15) is 28.4 Å². The zero-order valence-corrected chi connectivity index (χ0v) is 10.9. The van der Waals surface area contributed by atoms with Gasteiger partial charge in [-0.1, -0.05) is 0 Å². The monoisotopic (exact) mass is 272 g/mol. The van der Waals surface area contributed by atoms with Gasteiger partial charge in [-0.2, -0.15) is 0 Å². The summed E-state index contributed by atoms with van der Waals surface area (Å²) in [6.45, 7) is 1.64. The van der Waals surface area contributed by atoms with Crippen LogP contribution in [0.1, 0.15) is 5.76 Å². The molecule has 0 saturated heterocycles. The number of phenols is 2. The van der Waals surface area contributed by atoms with E-state index in [4.69, 9.17) is 9.15 Å². The first-order valence-electron chi connectivity index (χ1n) is 5.98. The second-order valence-electron chi connectivity index (χ2n) is 4.57. The highest BCUT2D eigenvalue weighted by atomic mass is 16.5. The molecule has 0 bridgehead atoms. The lowest BCUT2D eigenvalue weighted by Crippen LogP contribution is -2.01. The van der Waals surface area contributed by atoms with Gasteiger partial charge in [-0.3, -0.25) is 4.79 Å². The largest absolute Gasteiger partial charge is 0.507 e. The molecule has 0 atom stereocenters. The van der Waals surface area contributed by atoms with E-state index in [1.807, 2.05) is 0 Å². The van der Waals surface area contributed by atoms with E-state index in [2.05, 4.69) is 0 Å². The third-order valence-electron chi connectivity index (χ3n) is 3.20. The van der Waals surface area contributed by atoms with Gasteiger partial charge in [0.2, 0.25) is 0 Å². The fraction of sp³-hybridized carbons (Fsp3) is 0.133. The van der Waals surface area contributed by atoms with Gasteiger partial charge < -0.3 is 19.4 Å². The molecule has 0 aliphatic heterocycles. The lowest BCUT2D eigenvalue weighted by atomic mass is 10.0. The first-order valence-corrected chi connectivity index (χ1v) is 5.98. The molecule has 5 heteroatoms. The van der Waals surface area contributed by atoms with E-state index in [1.165, 1.54) is 25.3 Å². The summed E-state index contributed by atoms with van der Waals surface area (Å²) in [5.41, 5.74) is -0.177. The van der Waals surface area contributed by atoms with Crippen molar-refractivity contribution in [3.05, 3.63) is 40.2 Å². The Bertz CT molecular complexity index is 892. The molecule has 5 nitrogen and oxygen atoms in total. The predicted octanol–water partition coefficient (Wildman–Crippen LogP) is 2.67. The van der Waals surface area contributed by atoms with Crippen molar-refractivity contribution in [3.63, 3.8) is 0 Å². The molecular weight excluding hydrogens is 260 g/mol. The summed E-state index contributed by atoms with van der Waals surface area (Å²) < 4.78 is 10.6. The molecule has 102 valence electrons. The third-order valence-corrected chi connectivity index (χ3v) is 3.20. The maximum atomic E-state index is 12.0. The molecular formula is C15H12O5. The number of aromatic hydroxyl groups is 2. The van der Waals surface area contributed by atoms with Gasteiger partial charge in [-0.15, -0.1) is 0 Å². The molecule has 0 unspecified atom stereocenters. The van der Waals surface area contributed by atoms with E-state index in [0.29, 0.717) is 22.3 Å². The van der Waals surface area contributed by atoms with Crippen molar-refractivity contribution in [2.75, 3.05) is 7.11 Å². The van der Waals surface area contributed by atoms with E-state index < -0.39 is 0 Å². The molecule has 1 aromatic heterocycles. The number of hydrogen-bond donors (Lipinski definition) is 2. The smallest absolute Gasteiger partial charge is 0.196 e. The zero-order valence-electron chi connectivity index (χ0n) is 10.9. The average Bonchev–Trinajstić information content (AvgIpc) is 2.36. The van der Waals surface area contributed by atoms with E-state index >= 15 is 0 Å². The van der Waals surface area contributed by atoms with Gasteiger partial charge in [0.15, 0.2) is 11.0 Å². The minimum atomic E-state index is -0.349. The van der Waals surface area contributed by atoms with Crippen molar-refractivity contribution in [2.45, 2.75) is 6.92 Å². The minimum absolute atomic E-state index is 0.0589. The molecule has 3 rings (SSSR count). The molecule has 1 heterocycles. The van der Waals surface area contributed by atoms with Crippen molar-refractivity contribution in [1.29, 1.82) is 0 Å². The Labute approximate surface area is 113 Å². The Morgan fingerprint density at radius 3 is 2.45 bits per heavy atom. The number of ether oxygens (including phenoxy) is 1. The van der Waals surface area contributed by atoms with Crippen LogP contribution in [0.4, 0.5) is 0 Å². The first kappa shape index (κ1) is 12.3. The summed E-state index contributed by atoms with van der Waals surface area (Å²) in [6, 6.07) is 5.79. The molecule has 3 aromatic rings. The number of benzene rings is 2. The Kier molecular flexibility index (Phi) is 2.57. The topological polar surface area (TPSA) is 79.9 Å². The van der Waals surface area contributed by atoms with E-state index in [1.54, 1.807) is 13.0 Å². The van der Waals surface area contributed by atoms with Crippen LogP contribution < -0.4 is 10.2 Å². The summed E-state index contributed by atoms with van der Waals surface area (Å²) >= 11 is 0. The van der Waals surface area contributed by atoms with Crippen molar-refractivity contribution >= 4 is 21.7 Å². The molecule has 2 aromatic carbocycles. The standard InChI is InChI=1S/C15H12O5/c1-7-3-10(16)14-11(17)5-8-4-9(19-2)6-12(18)13(8)15(14)20-7/h3-6,17-18H,1-2H3. The maximum absolute atomic E-state index is 12.0. The van der Waals surface area contributed by atoms with Crippen LogP contribution in [0.2, 0.25) is 0 Å². The van der Waals surface area contributed by atoms with Crippen LogP contribution in [-0.2, 0) is 0 Å². The Hall–Kier alpha value is -2.69. The number of hydrogen-bond acceptors (Lipinski definition) is 5. The minimum Gasteiger partial charge on any atom is -0.507 e. The Morgan fingerprint density at radius 1 is 1.05 bits per heavy atom. The van der Waals surface area contributed by atoms with Crippen molar-refractivity contribution < 1.29 is 19.4 Å².